The second-order valence-corrected chi connectivity index (χ2v) is 8.71. The fourth-order valence-corrected chi connectivity index (χ4v) is 4.44. The van der Waals surface area contributed by atoms with E-state index in [2.05, 4.69) is 15.2 Å². The lowest BCUT2D eigenvalue weighted by atomic mass is 10.2. The van der Waals surface area contributed by atoms with Crippen molar-refractivity contribution in [2.45, 2.75) is 6.54 Å². The van der Waals surface area contributed by atoms with Crippen LogP contribution in [0.15, 0.2) is 35.3 Å². The molecule has 0 unspecified atom stereocenters. The molecule has 0 saturated carbocycles. The summed E-state index contributed by atoms with van der Waals surface area (Å²) in [5.74, 6) is 0.431. The fraction of sp³-hybridized carbons (Fsp3) is 0.364. The van der Waals surface area contributed by atoms with Crippen LogP contribution in [0.5, 0.6) is 11.5 Å². The quantitative estimate of drug-likeness (QED) is 0.562. The highest BCUT2D eigenvalue weighted by Gasteiger charge is 2.20. The third kappa shape index (κ3) is 5.13. The van der Waals surface area contributed by atoms with Gasteiger partial charge in [0.2, 0.25) is 5.91 Å². The maximum atomic E-state index is 12.5. The first kappa shape index (κ1) is 23.5. The predicted molar refractivity (Wildman–Crippen MR) is 128 cm³/mol. The van der Waals surface area contributed by atoms with Crippen molar-refractivity contribution in [3.8, 4) is 11.5 Å². The van der Waals surface area contributed by atoms with Crippen LogP contribution in [-0.4, -0.2) is 74.0 Å². The first-order chi connectivity index (χ1) is 16.4. The molecule has 1 fully saturated rings. The number of nitrogens with one attached hydrogen (secondary N) is 1. The molecule has 180 valence electrons. The number of carbonyl (C=O) groups excluding carboxylic acids is 2. The van der Waals surface area contributed by atoms with E-state index in [9.17, 15) is 14.4 Å². The van der Waals surface area contributed by atoms with Gasteiger partial charge in [-0.15, -0.1) is 0 Å². The van der Waals surface area contributed by atoms with Gasteiger partial charge >= 0.3 is 6.09 Å². The van der Waals surface area contributed by atoms with E-state index in [0.29, 0.717) is 29.6 Å². The van der Waals surface area contributed by atoms with Crippen LogP contribution in [0.2, 0.25) is 0 Å². The lowest BCUT2D eigenvalue weighted by Crippen LogP contribution is -2.36. The monoisotopic (exact) mass is 487 g/mol. The van der Waals surface area contributed by atoms with Gasteiger partial charge in [-0.05, 0) is 18.2 Å². The summed E-state index contributed by atoms with van der Waals surface area (Å²) < 4.78 is 18.3. The van der Waals surface area contributed by atoms with E-state index in [-0.39, 0.29) is 18.2 Å². The number of benzene rings is 1. The Bertz CT molecular complexity index is 1260. The first-order valence-electron chi connectivity index (χ1n) is 10.6. The zero-order chi connectivity index (χ0) is 24.2. The number of nitrogens with zero attached hydrogens (tertiary/aromatic N) is 4. The van der Waals surface area contributed by atoms with Crippen LogP contribution >= 0.6 is 11.3 Å². The fourth-order valence-electron chi connectivity index (χ4n) is 3.43. The number of likely N-dealkylation sites (N-methyl/N-ethyl adjacent to an activating group) is 1. The lowest BCUT2D eigenvalue weighted by molar-refractivity contribution is -0.129. The minimum Gasteiger partial charge on any atom is -0.494 e. The Morgan fingerprint density at radius 3 is 2.68 bits per heavy atom. The zero-order valence-corrected chi connectivity index (χ0v) is 19.9. The van der Waals surface area contributed by atoms with E-state index < -0.39 is 11.7 Å². The van der Waals surface area contributed by atoms with Gasteiger partial charge in [0.25, 0.3) is 5.56 Å². The number of amides is 2. The Kier molecular flexibility index (Phi) is 6.98. The van der Waals surface area contributed by atoms with Gasteiger partial charge in [-0.25, -0.2) is 9.78 Å². The van der Waals surface area contributed by atoms with Crippen LogP contribution in [-0.2, 0) is 16.1 Å². The summed E-state index contributed by atoms with van der Waals surface area (Å²) in [4.78, 5) is 44.7. The smallest absolute Gasteiger partial charge is 0.418 e. The zero-order valence-electron chi connectivity index (χ0n) is 19.1. The highest BCUT2D eigenvalue weighted by molar-refractivity contribution is 7.23. The van der Waals surface area contributed by atoms with Gasteiger partial charge in [0.05, 0.1) is 30.7 Å². The summed E-state index contributed by atoms with van der Waals surface area (Å²) in [6, 6.07) is 6.43. The van der Waals surface area contributed by atoms with Crippen molar-refractivity contribution in [3.63, 3.8) is 0 Å². The molecule has 1 N–H and O–H groups in total. The van der Waals surface area contributed by atoms with E-state index in [0.717, 1.165) is 29.5 Å². The van der Waals surface area contributed by atoms with Crippen molar-refractivity contribution < 1.29 is 23.8 Å². The van der Waals surface area contributed by atoms with Gasteiger partial charge in [0.15, 0.2) is 5.13 Å². The molecule has 4 rings (SSSR count). The number of aromatic nitrogens is 2. The molecule has 0 bridgehead atoms. The van der Waals surface area contributed by atoms with E-state index in [1.54, 1.807) is 21.2 Å². The van der Waals surface area contributed by atoms with Crippen molar-refractivity contribution in [1.29, 1.82) is 0 Å². The summed E-state index contributed by atoms with van der Waals surface area (Å²) in [7, 11) is 4.78. The molecule has 0 aliphatic carbocycles. The number of anilines is 2. The van der Waals surface area contributed by atoms with Crippen LogP contribution < -0.4 is 25.2 Å². The van der Waals surface area contributed by atoms with Crippen LogP contribution in [0.25, 0.3) is 10.2 Å². The Hall–Kier alpha value is -3.64. The van der Waals surface area contributed by atoms with E-state index in [4.69, 9.17) is 14.2 Å². The number of hydrogen-bond acceptors (Lipinski definition) is 9. The van der Waals surface area contributed by atoms with Crippen LogP contribution in [0.1, 0.15) is 0 Å². The van der Waals surface area contributed by atoms with Crippen molar-refractivity contribution in [2.24, 2.45) is 0 Å². The normalized spacial score (nSPS) is 13.6. The molecule has 1 aliphatic rings. The Morgan fingerprint density at radius 1 is 1.24 bits per heavy atom. The minimum atomic E-state index is -0.785. The van der Waals surface area contributed by atoms with Gasteiger partial charge < -0.3 is 28.6 Å². The summed E-state index contributed by atoms with van der Waals surface area (Å²) in [5, 5.41) is 2.96. The standard InChI is InChI=1S/C22H25N5O6S/c1-25(2)18(29)13-27-7-6-14(12-17(27)28)33-22(30)24-21-23-19-16(31-3)5-4-15(20(19)34-21)26-8-10-32-11-9-26/h4-7,12H,8-11,13H2,1-3H3,(H,23,24,30). The van der Waals surface area contributed by atoms with Gasteiger partial charge in [-0.1, -0.05) is 11.3 Å². The number of carbonyl (C=O) groups is 2. The number of hydrogen-bond donors (Lipinski definition) is 1. The molecule has 3 heterocycles. The lowest BCUT2D eigenvalue weighted by Gasteiger charge is -2.29. The number of rotatable bonds is 6. The molecule has 1 aromatic carbocycles. The van der Waals surface area contributed by atoms with Crippen molar-refractivity contribution in [3.05, 3.63) is 40.8 Å². The van der Waals surface area contributed by atoms with Gasteiger partial charge in [-0.3, -0.25) is 14.9 Å². The van der Waals surface area contributed by atoms with Crippen molar-refractivity contribution in [2.75, 3.05) is 57.7 Å². The Balaban J connectivity index is 1.50. The predicted octanol–water partition coefficient (Wildman–Crippen LogP) is 2.00. The van der Waals surface area contributed by atoms with Crippen molar-refractivity contribution in [1.82, 2.24) is 14.5 Å². The summed E-state index contributed by atoms with van der Waals surface area (Å²) in [6.07, 6.45) is 0.622. The maximum absolute atomic E-state index is 12.5. The van der Waals surface area contributed by atoms with E-state index in [1.165, 1.54) is 33.1 Å². The van der Waals surface area contributed by atoms with Crippen LogP contribution in [0.3, 0.4) is 0 Å². The molecule has 11 nitrogen and oxygen atoms in total. The number of ether oxygens (including phenoxy) is 3. The Labute approximate surface area is 199 Å². The minimum absolute atomic E-state index is 0.0590. The summed E-state index contributed by atoms with van der Waals surface area (Å²) >= 11 is 1.31. The second kappa shape index (κ2) is 10.1. The first-order valence-corrected chi connectivity index (χ1v) is 11.4. The number of morpholine rings is 1. The molecule has 1 aliphatic heterocycles. The molecular weight excluding hydrogens is 462 g/mol. The Morgan fingerprint density at radius 2 is 2.00 bits per heavy atom. The van der Waals surface area contributed by atoms with Crippen LogP contribution in [0, 0.1) is 0 Å². The topological polar surface area (TPSA) is 115 Å². The average molecular weight is 488 g/mol. The maximum Gasteiger partial charge on any atom is 0.418 e. The number of fused-ring (bicyclic) bond motifs is 1. The number of thiazole rings is 1. The molecule has 2 amide bonds. The highest BCUT2D eigenvalue weighted by Crippen LogP contribution is 2.39. The van der Waals surface area contributed by atoms with Gasteiger partial charge in [0, 0.05) is 39.4 Å². The SMILES string of the molecule is COc1ccc(N2CCOCC2)c2sc(NC(=O)Oc3ccn(CC(=O)N(C)C)c(=O)c3)nc12. The second-order valence-electron chi connectivity index (χ2n) is 7.71. The molecule has 12 heteroatoms. The molecule has 0 radical (unpaired) electrons. The number of methoxy groups -OCH3 is 1. The molecule has 0 atom stereocenters. The molecule has 0 spiro atoms. The largest absolute Gasteiger partial charge is 0.494 e. The average Bonchev–Trinajstić information content (AvgIpc) is 3.23. The number of pyridine rings is 1. The molecular formula is C22H25N5O6S. The third-order valence-electron chi connectivity index (χ3n) is 5.25. The summed E-state index contributed by atoms with van der Waals surface area (Å²) in [6.45, 7) is 2.71. The van der Waals surface area contributed by atoms with E-state index >= 15 is 0 Å². The highest BCUT2D eigenvalue weighted by atomic mass is 32.1. The molecule has 2 aromatic heterocycles. The van der Waals surface area contributed by atoms with E-state index in [1.807, 2.05) is 12.1 Å². The van der Waals surface area contributed by atoms with Gasteiger partial charge in [-0.2, -0.15) is 0 Å². The summed E-state index contributed by atoms with van der Waals surface area (Å²) in [5.41, 5.74) is 1.18. The molecule has 1 saturated heterocycles. The van der Waals surface area contributed by atoms with Gasteiger partial charge in [0.1, 0.15) is 23.6 Å². The molecule has 34 heavy (non-hydrogen) atoms. The van der Waals surface area contributed by atoms with Crippen LogP contribution in [0.4, 0.5) is 15.6 Å². The molecule has 3 aromatic rings. The third-order valence-corrected chi connectivity index (χ3v) is 6.24. The van der Waals surface area contributed by atoms with Crippen molar-refractivity contribution >= 4 is 44.4 Å².